The van der Waals surface area contributed by atoms with Crippen LogP contribution in [0.4, 0.5) is 5.69 Å². The lowest BCUT2D eigenvalue weighted by atomic mass is 10.2. The van der Waals surface area contributed by atoms with E-state index in [2.05, 4.69) is 16.7 Å². The van der Waals surface area contributed by atoms with Gasteiger partial charge in [-0.1, -0.05) is 30.1 Å². The second kappa shape index (κ2) is 6.11. The Kier molecular flexibility index (Phi) is 4.73. The molecule has 1 aromatic carbocycles. The van der Waals surface area contributed by atoms with Crippen molar-refractivity contribution in [3.8, 4) is 0 Å². The molecule has 100 valence electrons. The van der Waals surface area contributed by atoms with Gasteiger partial charge in [-0.25, -0.2) is 0 Å². The molecule has 3 nitrogen and oxygen atoms in total. The third-order valence-electron chi connectivity index (χ3n) is 3.47. The first-order valence-corrected chi connectivity index (χ1v) is 7.07. The number of rotatable bonds is 3. The minimum Gasteiger partial charge on any atom is -0.369 e. The number of nitrogens with two attached hydrogens (primary N) is 1. The van der Waals surface area contributed by atoms with E-state index in [1.54, 1.807) is 0 Å². The van der Waals surface area contributed by atoms with Crippen molar-refractivity contribution in [2.45, 2.75) is 19.5 Å². The van der Waals surface area contributed by atoms with Gasteiger partial charge in [-0.05, 0) is 24.6 Å². The Morgan fingerprint density at radius 3 is 2.39 bits per heavy atom. The molecule has 0 saturated carbocycles. The summed E-state index contributed by atoms with van der Waals surface area (Å²) in [5.74, 6) is 0. The molecule has 0 aliphatic carbocycles. The zero-order valence-corrected chi connectivity index (χ0v) is 12.1. The van der Waals surface area contributed by atoms with Gasteiger partial charge in [0, 0.05) is 31.9 Å². The van der Waals surface area contributed by atoms with Crippen LogP contribution in [-0.2, 0) is 0 Å². The van der Waals surface area contributed by atoms with Gasteiger partial charge in [0.15, 0.2) is 0 Å². The van der Waals surface area contributed by atoms with Crippen LogP contribution in [0, 0.1) is 0 Å². The summed E-state index contributed by atoms with van der Waals surface area (Å²) in [7, 11) is 0. The molecule has 0 aromatic heterocycles. The zero-order valence-electron chi connectivity index (χ0n) is 10.6. The summed E-state index contributed by atoms with van der Waals surface area (Å²) in [6.07, 6.45) is 1.17. The fourth-order valence-corrected chi connectivity index (χ4v) is 2.54. The fraction of sp³-hybridized carbons (Fsp3) is 0.538. The van der Waals surface area contributed by atoms with Crippen molar-refractivity contribution in [2.75, 3.05) is 31.1 Å². The highest BCUT2D eigenvalue weighted by Crippen LogP contribution is 2.27. The average Bonchev–Trinajstić information content (AvgIpc) is 2.41. The van der Waals surface area contributed by atoms with Crippen molar-refractivity contribution in [1.82, 2.24) is 4.90 Å². The maximum Gasteiger partial charge on any atom is 0.0612 e. The maximum atomic E-state index is 6.05. The summed E-state index contributed by atoms with van der Waals surface area (Å²) in [6.45, 7) is 6.07. The van der Waals surface area contributed by atoms with E-state index in [1.807, 2.05) is 18.2 Å². The van der Waals surface area contributed by atoms with E-state index in [-0.39, 0.29) is 6.17 Å². The lowest BCUT2D eigenvalue weighted by Gasteiger charge is -2.38. The largest absolute Gasteiger partial charge is 0.369 e. The lowest BCUT2D eigenvalue weighted by molar-refractivity contribution is 0.184. The van der Waals surface area contributed by atoms with Crippen molar-refractivity contribution >= 4 is 28.9 Å². The van der Waals surface area contributed by atoms with Gasteiger partial charge in [0.05, 0.1) is 16.2 Å². The molecule has 2 rings (SSSR count). The molecule has 1 aliphatic heterocycles. The van der Waals surface area contributed by atoms with Gasteiger partial charge in [0.25, 0.3) is 0 Å². The molecule has 1 atom stereocenters. The average molecular weight is 288 g/mol. The lowest BCUT2D eigenvalue weighted by Crippen LogP contribution is -2.53. The summed E-state index contributed by atoms with van der Waals surface area (Å²) < 4.78 is 0. The molecule has 0 amide bonds. The minimum atomic E-state index is 0.181. The van der Waals surface area contributed by atoms with Gasteiger partial charge in [0.1, 0.15) is 0 Å². The Morgan fingerprint density at radius 1 is 1.17 bits per heavy atom. The van der Waals surface area contributed by atoms with Crippen molar-refractivity contribution in [2.24, 2.45) is 5.73 Å². The molecule has 18 heavy (non-hydrogen) atoms. The quantitative estimate of drug-likeness (QED) is 0.928. The molecule has 1 aliphatic rings. The Labute approximate surface area is 118 Å². The molecule has 0 bridgehead atoms. The van der Waals surface area contributed by atoms with Crippen LogP contribution in [0.3, 0.4) is 0 Å². The third kappa shape index (κ3) is 3.09. The van der Waals surface area contributed by atoms with E-state index < -0.39 is 0 Å². The highest BCUT2D eigenvalue weighted by atomic mass is 35.5. The van der Waals surface area contributed by atoms with Crippen LogP contribution in [0.1, 0.15) is 13.3 Å². The smallest absolute Gasteiger partial charge is 0.0612 e. The Morgan fingerprint density at radius 2 is 1.83 bits per heavy atom. The van der Waals surface area contributed by atoms with Gasteiger partial charge >= 0.3 is 0 Å². The van der Waals surface area contributed by atoms with E-state index in [4.69, 9.17) is 28.9 Å². The second-order valence-corrected chi connectivity index (χ2v) is 5.41. The highest BCUT2D eigenvalue weighted by molar-refractivity contribution is 6.42. The summed E-state index contributed by atoms with van der Waals surface area (Å²) in [5.41, 5.74) is 7.18. The molecule has 1 fully saturated rings. The summed E-state index contributed by atoms with van der Waals surface area (Å²) in [5, 5.41) is 1.22. The van der Waals surface area contributed by atoms with E-state index >= 15 is 0 Å². The fourth-order valence-electron chi connectivity index (χ4n) is 2.25. The molecular weight excluding hydrogens is 269 g/mol. The third-order valence-corrected chi connectivity index (χ3v) is 4.21. The Balaban J connectivity index is 1.99. The number of anilines is 1. The molecule has 0 spiro atoms. The number of hydrogen-bond donors (Lipinski definition) is 1. The molecule has 1 aromatic rings. The maximum absolute atomic E-state index is 6.05. The van der Waals surface area contributed by atoms with Crippen LogP contribution < -0.4 is 10.6 Å². The molecule has 1 unspecified atom stereocenters. The van der Waals surface area contributed by atoms with E-state index in [0.717, 1.165) is 38.3 Å². The topological polar surface area (TPSA) is 32.5 Å². The molecule has 1 saturated heterocycles. The molecular formula is C13H19Cl2N3. The van der Waals surface area contributed by atoms with E-state index in [0.29, 0.717) is 10.0 Å². The standard InChI is InChI=1S/C13H19Cl2N3/c1-2-13(16)18-7-5-17(6-8-18)10-3-4-11(14)12(15)9-10/h3-4,9,13H,2,5-8,16H2,1H3. The first-order valence-electron chi connectivity index (χ1n) is 6.31. The number of nitrogens with zero attached hydrogens (tertiary/aromatic N) is 2. The van der Waals surface area contributed by atoms with Crippen LogP contribution in [0.25, 0.3) is 0 Å². The molecule has 5 heteroatoms. The van der Waals surface area contributed by atoms with Crippen molar-refractivity contribution in [3.05, 3.63) is 28.2 Å². The van der Waals surface area contributed by atoms with Crippen molar-refractivity contribution in [1.29, 1.82) is 0 Å². The summed E-state index contributed by atoms with van der Waals surface area (Å²) >= 11 is 12.0. The van der Waals surface area contributed by atoms with Gasteiger partial charge in [0.2, 0.25) is 0 Å². The van der Waals surface area contributed by atoms with Gasteiger partial charge < -0.3 is 10.6 Å². The Bertz CT molecular complexity index is 403. The highest BCUT2D eigenvalue weighted by Gasteiger charge is 2.20. The Hall–Kier alpha value is -0.480. The van der Waals surface area contributed by atoms with Gasteiger partial charge in [-0.3, -0.25) is 4.90 Å². The number of hydrogen-bond acceptors (Lipinski definition) is 3. The van der Waals surface area contributed by atoms with Gasteiger partial charge in [-0.15, -0.1) is 0 Å². The number of benzene rings is 1. The minimum absolute atomic E-state index is 0.181. The van der Waals surface area contributed by atoms with Gasteiger partial charge in [-0.2, -0.15) is 0 Å². The van der Waals surface area contributed by atoms with Crippen LogP contribution in [-0.4, -0.2) is 37.2 Å². The second-order valence-electron chi connectivity index (χ2n) is 4.60. The first kappa shape index (κ1) is 13.9. The summed E-state index contributed by atoms with van der Waals surface area (Å²) in [6, 6.07) is 5.80. The van der Waals surface area contributed by atoms with Crippen LogP contribution >= 0.6 is 23.2 Å². The summed E-state index contributed by atoms with van der Waals surface area (Å²) in [4.78, 5) is 4.65. The van der Waals surface area contributed by atoms with Crippen molar-refractivity contribution in [3.63, 3.8) is 0 Å². The molecule has 0 radical (unpaired) electrons. The first-order chi connectivity index (χ1) is 8.61. The predicted octanol–water partition coefficient (Wildman–Crippen LogP) is 2.81. The molecule has 2 N–H and O–H groups in total. The predicted molar refractivity (Wildman–Crippen MR) is 78.5 cm³/mol. The molecule has 1 heterocycles. The van der Waals surface area contributed by atoms with E-state index in [9.17, 15) is 0 Å². The zero-order chi connectivity index (χ0) is 13.1. The number of piperazine rings is 1. The van der Waals surface area contributed by atoms with Crippen molar-refractivity contribution < 1.29 is 0 Å². The monoisotopic (exact) mass is 287 g/mol. The van der Waals surface area contributed by atoms with Crippen LogP contribution in [0.2, 0.25) is 10.0 Å². The normalized spacial score (nSPS) is 19.0. The van der Waals surface area contributed by atoms with E-state index in [1.165, 1.54) is 0 Å². The number of halogens is 2. The SMILES string of the molecule is CCC(N)N1CCN(c2ccc(Cl)c(Cl)c2)CC1. The van der Waals surface area contributed by atoms with Crippen LogP contribution in [0.15, 0.2) is 18.2 Å². The van der Waals surface area contributed by atoms with Crippen LogP contribution in [0.5, 0.6) is 0 Å².